The zero-order valence-electron chi connectivity index (χ0n) is 28.5. The minimum atomic E-state index is -0.627. The lowest BCUT2D eigenvalue weighted by atomic mass is 9.98. The van der Waals surface area contributed by atoms with Gasteiger partial charge in [-0.05, 0) is 93.9 Å². The third-order valence-corrected chi connectivity index (χ3v) is 11.0. The number of hydrogen-bond donors (Lipinski definition) is 2. The van der Waals surface area contributed by atoms with Crippen molar-refractivity contribution < 1.29 is 14.4 Å². The average Bonchev–Trinajstić information content (AvgIpc) is 3.27. The van der Waals surface area contributed by atoms with E-state index in [-0.39, 0.29) is 24.0 Å². The van der Waals surface area contributed by atoms with Crippen LogP contribution in [-0.4, -0.2) is 127 Å². The van der Waals surface area contributed by atoms with E-state index in [1.807, 2.05) is 32.9 Å². The second-order valence-corrected chi connectivity index (χ2v) is 14.0. The van der Waals surface area contributed by atoms with Crippen LogP contribution in [0.15, 0.2) is 42.5 Å². The standard InChI is InChI=1S/C37H53N7O3/c1-4-29-25-28(10-9-27(29)2)26-34(35(45)42-23-21-41(22-24-42)31-12-16-40(3)17-13-31)39-36(46)43-18-14-32(15-19-43)44-20-11-30-7-5-6-8-33(30)38-37(44)47/h5-10,25,31-32,34H,4,11-24,26H2,1-3H3,(H,38,47)(H,39,46)/t34-/m1/s1. The summed E-state index contributed by atoms with van der Waals surface area (Å²) in [6.45, 7) is 11.4. The minimum Gasteiger partial charge on any atom is -0.338 e. The molecule has 2 N–H and O–H groups in total. The number of nitrogens with zero attached hydrogens (tertiary/aromatic N) is 5. The topological polar surface area (TPSA) is 91.5 Å². The highest BCUT2D eigenvalue weighted by Gasteiger charge is 2.35. The third kappa shape index (κ3) is 7.92. The second kappa shape index (κ2) is 15.1. The van der Waals surface area contributed by atoms with Gasteiger partial charge in [0, 0.05) is 70.0 Å². The normalized spacial score (nSPS) is 21.2. The zero-order valence-corrected chi connectivity index (χ0v) is 28.5. The van der Waals surface area contributed by atoms with Crippen LogP contribution in [0.1, 0.15) is 54.9 Å². The fourth-order valence-corrected chi connectivity index (χ4v) is 7.92. The van der Waals surface area contributed by atoms with Crippen LogP contribution >= 0.6 is 0 Å². The molecule has 0 aliphatic carbocycles. The van der Waals surface area contributed by atoms with Gasteiger partial charge in [-0.2, -0.15) is 0 Å². The molecule has 6 rings (SSSR count). The summed E-state index contributed by atoms with van der Waals surface area (Å²) < 4.78 is 0. The number of carbonyl (C=O) groups excluding carboxylic acids is 3. The molecule has 2 aromatic rings. The Kier molecular flexibility index (Phi) is 10.7. The van der Waals surface area contributed by atoms with Gasteiger partial charge in [0.25, 0.3) is 0 Å². The van der Waals surface area contributed by atoms with Crippen molar-refractivity contribution in [3.8, 4) is 0 Å². The average molecular weight is 644 g/mol. The molecule has 10 heteroatoms. The van der Waals surface area contributed by atoms with Crippen molar-refractivity contribution in [2.24, 2.45) is 0 Å². The molecular weight excluding hydrogens is 590 g/mol. The lowest BCUT2D eigenvalue weighted by molar-refractivity contribution is -0.135. The highest BCUT2D eigenvalue weighted by molar-refractivity contribution is 5.91. The van der Waals surface area contributed by atoms with Gasteiger partial charge < -0.3 is 30.2 Å². The number of piperazine rings is 1. The molecule has 0 bridgehead atoms. The van der Waals surface area contributed by atoms with Crippen LogP contribution in [0.25, 0.3) is 0 Å². The molecule has 0 spiro atoms. The molecule has 5 amide bonds. The first-order chi connectivity index (χ1) is 22.8. The number of rotatable bonds is 7. The van der Waals surface area contributed by atoms with Crippen molar-refractivity contribution in [1.29, 1.82) is 0 Å². The Morgan fingerprint density at radius 3 is 2.30 bits per heavy atom. The maximum Gasteiger partial charge on any atom is 0.322 e. The predicted molar refractivity (Wildman–Crippen MR) is 186 cm³/mol. The summed E-state index contributed by atoms with van der Waals surface area (Å²) >= 11 is 0. The van der Waals surface area contributed by atoms with Gasteiger partial charge in [-0.3, -0.25) is 9.69 Å². The smallest absolute Gasteiger partial charge is 0.322 e. The first-order valence-corrected chi connectivity index (χ1v) is 17.8. The summed E-state index contributed by atoms with van der Waals surface area (Å²) in [6, 6.07) is 14.2. The molecule has 254 valence electrons. The van der Waals surface area contributed by atoms with Gasteiger partial charge in [0.2, 0.25) is 5.91 Å². The summed E-state index contributed by atoms with van der Waals surface area (Å²) in [7, 11) is 2.19. The number of amides is 5. The van der Waals surface area contributed by atoms with Gasteiger partial charge in [-0.15, -0.1) is 0 Å². The van der Waals surface area contributed by atoms with Crippen molar-refractivity contribution in [3.05, 3.63) is 64.7 Å². The fourth-order valence-electron chi connectivity index (χ4n) is 7.92. The van der Waals surface area contributed by atoms with Gasteiger partial charge >= 0.3 is 12.1 Å². The summed E-state index contributed by atoms with van der Waals surface area (Å²) in [5.74, 6) is 0.00990. The van der Waals surface area contributed by atoms with Crippen LogP contribution in [0.4, 0.5) is 15.3 Å². The molecule has 4 heterocycles. The van der Waals surface area contributed by atoms with Gasteiger partial charge in [-0.25, -0.2) is 9.59 Å². The maximum absolute atomic E-state index is 14.1. The van der Waals surface area contributed by atoms with Crippen molar-refractivity contribution >= 4 is 23.7 Å². The van der Waals surface area contributed by atoms with Gasteiger partial charge in [-0.1, -0.05) is 43.3 Å². The number of benzene rings is 2. The Labute approximate surface area is 280 Å². The number of hydrogen-bond acceptors (Lipinski definition) is 5. The largest absolute Gasteiger partial charge is 0.338 e. The van der Waals surface area contributed by atoms with E-state index in [2.05, 4.69) is 65.6 Å². The van der Waals surface area contributed by atoms with Crippen LogP contribution in [-0.2, 0) is 24.1 Å². The number of piperidine rings is 2. The summed E-state index contributed by atoms with van der Waals surface area (Å²) in [6.07, 6.45) is 6.01. The Balaban J connectivity index is 1.08. The van der Waals surface area contributed by atoms with Crippen LogP contribution in [0.3, 0.4) is 0 Å². The number of aryl methyl sites for hydroxylation is 2. The molecule has 10 nitrogen and oxygen atoms in total. The van der Waals surface area contributed by atoms with E-state index >= 15 is 0 Å². The number of urea groups is 2. The number of nitrogens with one attached hydrogen (secondary N) is 2. The number of likely N-dealkylation sites (tertiary alicyclic amines) is 2. The lowest BCUT2D eigenvalue weighted by Crippen LogP contribution is -2.59. The van der Waals surface area contributed by atoms with Crippen molar-refractivity contribution in [1.82, 2.24) is 29.8 Å². The summed E-state index contributed by atoms with van der Waals surface area (Å²) in [4.78, 5) is 51.6. The molecule has 0 saturated carbocycles. The van der Waals surface area contributed by atoms with Crippen molar-refractivity contribution in [2.45, 2.75) is 76.9 Å². The second-order valence-electron chi connectivity index (χ2n) is 14.0. The molecule has 4 aliphatic rings. The number of anilines is 1. The van der Waals surface area contributed by atoms with Gasteiger partial charge in [0.05, 0.1) is 0 Å². The van der Waals surface area contributed by atoms with Crippen LogP contribution in [0, 0.1) is 6.92 Å². The van der Waals surface area contributed by atoms with E-state index in [1.54, 1.807) is 0 Å². The quantitative estimate of drug-likeness (QED) is 0.477. The molecule has 47 heavy (non-hydrogen) atoms. The molecule has 2 aromatic carbocycles. The molecule has 4 aliphatic heterocycles. The van der Waals surface area contributed by atoms with E-state index in [9.17, 15) is 14.4 Å². The SMILES string of the molecule is CCc1cc(C[C@@H](NC(=O)N2CCC(N3CCc4ccccc4NC3=O)CC2)C(=O)N2CCN(C3CCN(C)CC3)CC2)ccc1C. The molecule has 0 aromatic heterocycles. The number of fused-ring (bicyclic) bond motifs is 1. The Morgan fingerprint density at radius 2 is 1.57 bits per heavy atom. The first kappa shape index (κ1) is 33.3. The molecule has 0 radical (unpaired) electrons. The minimum absolute atomic E-state index is 0.00990. The Bertz CT molecular complexity index is 1410. The maximum atomic E-state index is 14.1. The molecule has 0 unspecified atom stereocenters. The van der Waals surface area contributed by atoms with Gasteiger partial charge in [0.1, 0.15) is 6.04 Å². The van der Waals surface area contributed by atoms with E-state index in [0.29, 0.717) is 58.0 Å². The van der Waals surface area contributed by atoms with Crippen molar-refractivity contribution in [3.63, 3.8) is 0 Å². The van der Waals surface area contributed by atoms with Crippen LogP contribution in [0.2, 0.25) is 0 Å². The highest BCUT2D eigenvalue weighted by Crippen LogP contribution is 2.25. The van der Waals surface area contributed by atoms with E-state index < -0.39 is 6.04 Å². The lowest BCUT2D eigenvalue weighted by Gasteiger charge is -2.43. The zero-order chi connectivity index (χ0) is 32.9. The Hall–Kier alpha value is -3.63. The molecule has 1 atom stereocenters. The third-order valence-electron chi connectivity index (χ3n) is 11.0. The van der Waals surface area contributed by atoms with Crippen LogP contribution < -0.4 is 10.6 Å². The highest BCUT2D eigenvalue weighted by atomic mass is 16.2. The Morgan fingerprint density at radius 1 is 0.872 bits per heavy atom. The molecular formula is C37H53N7O3. The molecule has 3 saturated heterocycles. The van der Waals surface area contributed by atoms with Crippen molar-refractivity contribution in [2.75, 3.05) is 71.3 Å². The molecule has 3 fully saturated rings. The van der Waals surface area contributed by atoms with E-state index in [4.69, 9.17) is 0 Å². The number of para-hydroxylation sites is 1. The fraction of sp³-hybridized carbons (Fsp3) is 0.595. The van der Waals surface area contributed by atoms with E-state index in [1.165, 1.54) is 24.0 Å². The van der Waals surface area contributed by atoms with E-state index in [0.717, 1.165) is 55.8 Å². The summed E-state index contributed by atoms with van der Waals surface area (Å²) in [5.41, 5.74) is 5.63. The first-order valence-electron chi connectivity index (χ1n) is 17.8. The number of carbonyl (C=O) groups is 3. The van der Waals surface area contributed by atoms with Gasteiger partial charge in [0.15, 0.2) is 0 Å². The summed E-state index contributed by atoms with van der Waals surface area (Å²) in [5, 5.41) is 6.25. The van der Waals surface area contributed by atoms with Crippen LogP contribution in [0.5, 0.6) is 0 Å². The predicted octanol–water partition coefficient (Wildman–Crippen LogP) is 3.97. The monoisotopic (exact) mass is 643 g/mol.